The minimum Gasteiger partial charge on any atom is -0.480 e. The van der Waals surface area contributed by atoms with Crippen molar-refractivity contribution in [3.8, 4) is 0 Å². The van der Waals surface area contributed by atoms with Crippen LogP contribution < -0.4 is 0 Å². The van der Waals surface area contributed by atoms with Gasteiger partial charge in [0, 0.05) is 6.54 Å². The second-order valence-corrected chi connectivity index (χ2v) is 7.20. The first-order chi connectivity index (χ1) is 11.6. The molecule has 4 rings (SSSR count). The molecule has 0 radical (unpaired) electrons. The highest BCUT2D eigenvalue weighted by Gasteiger charge is 2.49. The fourth-order valence-electron chi connectivity index (χ4n) is 4.80. The molecule has 2 fully saturated rings. The molecule has 2 aliphatic heterocycles. The molecule has 2 heterocycles. The van der Waals surface area contributed by atoms with Crippen molar-refractivity contribution >= 4 is 11.9 Å². The molecule has 0 bridgehead atoms. The molecule has 0 spiro atoms. The highest BCUT2D eigenvalue weighted by Crippen LogP contribution is 2.43. The zero-order chi connectivity index (χ0) is 16.7. The summed E-state index contributed by atoms with van der Waals surface area (Å²) in [5.41, 5.74) is 2.30. The third kappa shape index (κ3) is 2.61. The Morgan fingerprint density at radius 1 is 1.25 bits per heavy atom. The quantitative estimate of drug-likeness (QED) is 0.925. The van der Waals surface area contributed by atoms with Gasteiger partial charge >= 0.3 is 5.97 Å². The van der Waals surface area contributed by atoms with Crippen LogP contribution in [-0.4, -0.2) is 41.1 Å². The summed E-state index contributed by atoms with van der Waals surface area (Å²) in [7, 11) is 0. The van der Waals surface area contributed by atoms with Crippen molar-refractivity contribution in [2.45, 2.75) is 44.2 Å². The molecule has 4 unspecified atom stereocenters. The Morgan fingerprint density at radius 2 is 2.08 bits per heavy atom. The van der Waals surface area contributed by atoms with Gasteiger partial charge in [-0.15, -0.1) is 0 Å². The molecule has 3 aliphatic rings. The van der Waals surface area contributed by atoms with E-state index >= 15 is 0 Å². The average molecular weight is 329 g/mol. The second-order valence-electron chi connectivity index (χ2n) is 7.20. The summed E-state index contributed by atoms with van der Waals surface area (Å²) < 4.78 is 5.83. The van der Waals surface area contributed by atoms with E-state index in [1.54, 1.807) is 4.90 Å². The minimum atomic E-state index is -0.859. The largest absolute Gasteiger partial charge is 0.480 e. The van der Waals surface area contributed by atoms with Crippen LogP contribution in [0.4, 0.5) is 0 Å². The molecule has 0 aromatic heterocycles. The number of nitrogens with zero attached hydrogens (tertiary/aromatic N) is 1. The number of amides is 1. The first kappa shape index (κ1) is 15.6. The molecule has 1 saturated carbocycles. The van der Waals surface area contributed by atoms with Crippen molar-refractivity contribution in [1.29, 1.82) is 0 Å². The minimum absolute atomic E-state index is 0.0847. The number of hydrogen-bond donors (Lipinski definition) is 1. The van der Waals surface area contributed by atoms with E-state index in [1.807, 2.05) is 18.2 Å². The molecule has 1 saturated heterocycles. The molecule has 1 aliphatic carbocycles. The van der Waals surface area contributed by atoms with Crippen molar-refractivity contribution in [2.24, 2.45) is 11.8 Å². The molecular weight excluding hydrogens is 306 g/mol. The first-order valence-electron chi connectivity index (χ1n) is 8.87. The average Bonchev–Trinajstić information content (AvgIpc) is 3.15. The number of likely N-dealkylation sites (tertiary alicyclic amines) is 1. The summed E-state index contributed by atoms with van der Waals surface area (Å²) >= 11 is 0. The maximum absolute atomic E-state index is 12.9. The molecule has 1 aromatic rings. The van der Waals surface area contributed by atoms with Crippen molar-refractivity contribution in [3.63, 3.8) is 0 Å². The lowest BCUT2D eigenvalue weighted by molar-refractivity contribution is -0.150. The van der Waals surface area contributed by atoms with Gasteiger partial charge in [-0.05, 0) is 42.2 Å². The molecule has 128 valence electrons. The number of ether oxygens (including phenoxy) is 1. The van der Waals surface area contributed by atoms with Crippen molar-refractivity contribution in [3.05, 3.63) is 35.4 Å². The van der Waals surface area contributed by atoms with Gasteiger partial charge in [0.2, 0.25) is 5.91 Å². The number of hydrogen-bond acceptors (Lipinski definition) is 3. The van der Waals surface area contributed by atoms with E-state index in [1.165, 1.54) is 5.56 Å². The Bertz CT molecular complexity index is 659. The lowest BCUT2D eigenvalue weighted by atomic mass is 9.94. The maximum Gasteiger partial charge on any atom is 0.326 e. The highest BCUT2D eigenvalue weighted by atomic mass is 16.5. The van der Waals surface area contributed by atoms with Gasteiger partial charge in [0.25, 0.3) is 0 Å². The number of rotatable bonds is 3. The van der Waals surface area contributed by atoms with Gasteiger partial charge in [0.05, 0.1) is 19.1 Å². The normalized spacial score (nSPS) is 31.6. The molecule has 1 N–H and O–H groups in total. The van der Waals surface area contributed by atoms with Gasteiger partial charge in [-0.25, -0.2) is 4.79 Å². The molecular formula is C19H23NO4. The Labute approximate surface area is 141 Å². The monoisotopic (exact) mass is 329 g/mol. The van der Waals surface area contributed by atoms with Crippen LogP contribution in [0.2, 0.25) is 0 Å². The Morgan fingerprint density at radius 3 is 2.92 bits per heavy atom. The Hall–Kier alpha value is -1.88. The third-order valence-corrected chi connectivity index (χ3v) is 5.92. The van der Waals surface area contributed by atoms with Gasteiger partial charge in [0.15, 0.2) is 0 Å². The molecule has 1 aromatic carbocycles. The van der Waals surface area contributed by atoms with Crippen LogP contribution in [0.15, 0.2) is 24.3 Å². The van der Waals surface area contributed by atoms with E-state index < -0.39 is 12.0 Å². The SMILES string of the molecule is O=C(O)C1C2CCCC2CN1C(=O)CC1OCCc2ccccc21. The third-order valence-electron chi connectivity index (χ3n) is 5.92. The fourth-order valence-corrected chi connectivity index (χ4v) is 4.80. The topological polar surface area (TPSA) is 66.8 Å². The number of fused-ring (bicyclic) bond motifs is 2. The number of carboxylic acids is 1. The van der Waals surface area contributed by atoms with Crippen LogP contribution in [0.1, 0.15) is 42.9 Å². The van der Waals surface area contributed by atoms with Crippen molar-refractivity contribution < 1.29 is 19.4 Å². The van der Waals surface area contributed by atoms with Gasteiger partial charge in [-0.1, -0.05) is 30.7 Å². The van der Waals surface area contributed by atoms with E-state index in [-0.39, 0.29) is 24.3 Å². The Kier molecular flexibility index (Phi) is 4.04. The van der Waals surface area contributed by atoms with Crippen LogP contribution in [0.25, 0.3) is 0 Å². The molecule has 1 amide bonds. The molecule has 5 heteroatoms. The standard InChI is InChI=1S/C19H23NO4/c21-17(10-16-14-6-2-1-4-12(14)8-9-24-16)20-11-13-5-3-7-15(13)18(20)19(22)23/h1-2,4,6,13,15-16,18H,3,5,7-11H2,(H,22,23). The predicted molar refractivity (Wildman–Crippen MR) is 87.4 cm³/mol. The fraction of sp³-hybridized carbons (Fsp3) is 0.579. The van der Waals surface area contributed by atoms with Crippen LogP contribution >= 0.6 is 0 Å². The summed E-state index contributed by atoms with van der Waals surface area (Å²) in [4.78, 5) is 26.2. The van der Waals surface area contributed by atoms with Gasteiger partial charge < -0.3 is 14.7 Å². The molecule has 5 nitrogen and oxygen atoms in total. The van der Waals surface area contributed by atoms with Crippen LogP contribution in [0, 0.1) is 11.8 Å². The summed E-state index contributed by atoms with van der Waals surface area (Å²) in [6.45, 7) is 1.21. The summed E-state index contributed by atoms with van der Waals surface area (Å²) in [5, 5.41) is 9.62. The van der Waals surface area contributed by atoms with Crippen LogP contribution in [-0.2, 0) is 20.7 Å². The second kappa shape index (κ2) is 6.20. The van der Waals surface area contributed by atoms with Crippen LogP contribution in [0.5, 0.6) is 0 Å². The van der Waals surface area contributed by atoms with Gasteiger partial charge in [-0.2, -0.15) is 0 Å². The van der Waals surface area contributed by atoms with E-state index in [0.717, 1.165) is 31.2 Å². The number of carboxylic acid groups (broad SMARTS) is 1. The van der Waals surface area contributed by atoms with Crippen LogP contribution in [0.3, 0.4) is 0 Å². The number of carbonyl (C=O) groups is 2. The first-order valence-corrected chi connectivity index (χ1v) is 8.87. The summed E-state index contributed by atoms with van der Waals surface area (Å²) in [6, 6.07) is 7.41. The lowest BCUT2D eigenvalue weighted by Crippen LogP contribution is -2.44. The number of carbonyl (C=O) groups excluding carboxylic acids is 1. The zero-order valence-corrected chi connectivity index (χ0v) is 13.7. The van der Waals surface area contributed by atoms with E-state index in [9.17, 15) is 14.7 Å². The summed E-state index contributed by atoms with van der Waals surface area (Å²) in [6.07, 6.45) is 3.90. The van der Waals surface area contributed by atoms with E-state index in [4.69, 9.17) is 4.74 Å². The lowest BCUT2D eigenvalue weighted by Gasteiger charge is -2.29. The van der Waals surface area contributed by atoms with Gasteiger partial charge in [-0.3, -0.25) is 4.79 Å². The van der Waals surface area contributed by atoms with Gasteiger partial charge in [0.1, 0.15) is 6.04 Å². The smallest absolute Gasteiger partial charge is 0.326 e. The van der Waals surface area contributed by atoms with E-state index in [0.29, 0.717) is 19.1 Å². The van der Waals surface area contributed by atoms with Crippen molar-refractivity contribution in [2.75, 3.05) is 13.2 Å². The number of aliphatic carboxylic acids is 1. The zero-order valence-electron chi connectivity index (χ0n) is 13.7. The maximum atomic E-state index is 12.9. The van der Waals surface area contributed by atoms with Crippen molar-refractivity contribution in [1.82, 2.24) is 4.90 Å². The van der Waals surface area contributed by atoms with E-state index in [2.05, 4.69) is 6.07 Å². The Balaban J connectivity index is 1.51. The highest BCUT2D eigenvalue weighted by molar-refractivity contribution is 5.85. The predicted octanol–water partition coefficient (Wildman–Crippen LogP) is 2.40. The molecule has 4 atom stereocenters. The summed E-state index contributed by atoms with van der Waals surface area (Å²) in [5.74, 6) is -0.457. The molecule has 24 heavy (non-hydrogen) atoms. The number of benzene rings is 1.